The third kappa shape index (κ3) is 8.71. The molecule has 4 rings (SSSR count). The molecule has 2 aliphatic carbocycles. The minimum atomic E-state index is -2.72. The summed E-state index contributed by atoms with van der Waals surface area (Å²) in [7, 11) is -4.58. The summed E-state index contributed by atoms with van der Waals surface area (Å²) < 4.78 is 14.7. The van der Waals surface area contributed by atoms with E-state index in [1.54, 1.807) is 0 Å². The molecule has 0 N–H and O–H groups in total. The van der Waals surface area contributed by atoms with Gasteiger partial charge in [-0.05, 0) is 112 Å². The van der Waals surface area contributed by atoms with Gasteiger partial charge in [0, 0.05) is 13.0 Å². The van der Waals surface area contributed by atoms with Crippen molar-refractivity contribution in [2.75, 3.05) is 13.2 Å². The van der Waals surface area contributed by atoms with Crippen LogP contribution in [0.1, 0.15) is 108 Å². The zero-order valence-corrected chi connectivity index (χ0v) is 35.9. The third-order valence-corrected chi connectivity index (χ3v) is 22.6. The van der Waals surface area contributed by atoms with E-state index in [-0.39, 0.29) is 15.5 Å². The van der Waals surface area contributed by atoms with E-state index in [1.807, 2.05) is 0 Å². The molecule has 0 radical (unpaired) electrons. The molecule has 2 aromatic rings. The Hall–Kier alpha value is -2.17. The van der Waals surface area contributed by atoms with Crippen LogP contribution < -0.4 is 10.4 Å². The fourth-order valence-corrected chi connectivity index (χ4v) is 14.5. The molecule has 0 aromatic heterocycles. The summed E-state index contributed by atoms with van der Waals surface area (Å²) in [6.45, 7) is 30.3. The molecule has 0 bridgehead atoms. The molecule has 1 fully saturated rings. The number of hydrogen-bond donors (Lipinski definition) is 0. The molecule has 0 saturated heterocycles. The molecule has 2 aromatic carbocycles. The SMILES string of the molecule is C#CCC[C@@H]1C(/C(=C\C[C@H]2[C@@H](C(C)C)CC[C@]2(C)CO[Si](C)(C)C(C)(C)C)CO[Si](c2ccccc2)(c2ccccc2)C(C)(C)C)=CC[C@@H]1C. The van der Waals surface area contributed by atoms with Gasteiger partial charge in [-0.3, -0.25) is 0 Å². The van der Waals surface area contributed by atoms with E-state index in [1.165, 1.54) is 34.4 Å². The van der Waals surface area contributed by atoms with Crippen molar-refractivity contribution >= 4 is 27.0 Å². The van der Waals surface area contributed by atoms with E-state index in [2.05, 4.69) is 161 Å². The molecule has 0 spiro atoms. The van der Waals surface area contributed by atoms with Gasteiger partial charge in [0.25, 0.3) is 8.32 Å². The fourth-order valence-electron chi connectivity index (χ4n) is 8.86. The van der Waals surface area contributed by atoms with Crippen molar-refractivity contribution in [3.05, 3.63) is 84.0 Å². The molecule has 5 atom stereocenters. The van der Waals surface area contributed by atoms with Crippen molar-refractivity contribution in [2.24, 2.45) is 35.0 Å². The third-order valence-electron chi connectivity index (χ3n) is 13.1. The van der Waals surface area contributed by atoms with E-state index >= 15 is 0 Å². The van der Waals surface area contributed by atoms with Crippen molar-refractivity contribution in [1.29, 1.82) is 0 Å². The minimum Gasteiger partial charge on any atom is -0.416 e. The molecule has 0 unspecified atom stereocenters. The minimum absolute atomic E-state index is 0.0745. The topological polar surface area (TPSA) is 18.5 Å². The van der Waals surface area contributed by atoms with Crippen LogP contribution in [0.25, 0.3) is 0 Å². The van der Waals surface area contributed by atoms with Gasteiger partial charge >= 0.3 is 0 Å². The van der Waals surface area contributed by atoms with E-state index in [9.17, 15) is 0 Å². The smallest absolute Gasteiger partial charge is 0.261 e. The van der Waals surface area contributed by atoms with Crippen LogP contribution in [-0.4, -0.2) is 29.8 Å². The number of terminal acetylenes is 1. The van der Waals surface area contributed by atoms with E-state index in [0.29, 0.717) is 36.2 Å². The first-order chi connectivity index (χ1) is 23.4. The second-order valence-corrected chi connectivity index (χ2v) is 28.0. The maximum atomic E-state index is 7.67. The Morgan fingerprint density at radius 1 is 0.940 bits per heavy atom. The predicted molar refractivity (Wildman–Crippen MR) is 222 cm³/mol. The standard InChI is InChI=1S/C46H70O2Si2/c1-14-15-26-41-36(4)27-29-42(41)37(28-30-43-40(35(2)3)31-32-46(43,11)34-48-49(12,13)44(5,6)7)33-47-50(45(8,9)10,38-22-18-16-19-23-38)39-24-20-17-21-25-39/h1,16-25,28-29,35-36,40-41,43H,15,26-27,30-34H2,2-13H3/b37-28-/t36-,40+,41-,43-,46+/m0/s1. The molecule has 274 valence electrons. The maximum absolute atomic E-state index is 7.67. The van der Waals surface area contributed by atoms with Crippen LogP contribution >= 0.6 is 0 Å². The van der Waals surface area contributed by atoms with Crippen LogP contribution in [-0.2, 0) is 8.85 Å². The highest BCUT2D eigenvalue weighted by Gasteiger charge is 2.51. The van der Waals surface area contributed by atoms with Crippen molar-refractivity contribution < 1.29 is 8.85 Å². The summed E-state index contributed by atoms with van der Waals surface area (Å²) in [6, 6.07) is 22.2. The number of benzene rings is 2. The Kier molecular flexibility index (Phi) is 13.2. The number of hydrogen-bond acceptors (Lipinski definition) is 2. The Balaban J connectivity index is 1.78. The lowest BCUT2D eigenvalue weighted by molar-refractivity contribution is 0.0860. The first-order valence-corrected chi connectivity index (χ1v) is 24.4. The van der Waals surface area contributed by atoms with Gasteiger partial charge in [-0.2, -0.15) is 0 Å². The highest BCUT2D eigenvalue weighted by atomic mass is 28.4. The number of rotatable bonds is 14. The Labute approximate surface area is 310 Å². The van der Waals surface area contributed by atoms with Gasteiger partial charge in [0.05, 0.1) is 6.61 Å². The van der Waals surface area contributed by atoms with Crippen molar-refractivity contribution in [2.45, 2.75) is 131 Å². The largest absolute Gasteiger partial charge is 0.416 e. The monoisotopic (exact) mass is 710 g/mol. The van der Waals surface area contributed by atoms with Crippen LogP contribution in [0, 0.1) is 47.3 Å². The molecule has 2 nitrogen and oxygen atoms in total. The van der Waals surface area contributed by atoms with E-state index in [4.69, 9.17) is 15.3 Å². The van der Waals surface area contributed by atoms with E-state index < -0.39 is 16.6 Å². The molecule has 1 saturated carbocycles. The lowest BCUT2D eigenvalue weighted by Crippen LogP contribution is -2.66. The molecule has 4 heteroatoms. The fraction of sp³-hybridized carbons (Fsp3) is 0.609. The Morgan fingerprint density at radius 2 is 1.52 bits per heavy atom. The zero-order chi connectivity index (χ0) is 37.0. The highest BCUT2D eigenvalue weighted by molar-refractivity contribution is 6.99. The summed E-state index contributed by atoms with van der Waals surface area (Å²) in [5.41, 5.74) is 3.04. The van der Waals surface area contributed by atoms with E-state index in [0.717, 1.165) is 32.3 Å². The van der Waals surface area contributed by atoms with Gasteiger partial charge in [0.2, 0.25) is 0 Å². The summed E-state index contributed by atoms with van der Waals surface area (Å²) in [5.74, 6) is 5.92. The average Bonchev–Trinajstić information content (AvgIpc) is 3.59. The van der Waals surface area contributed by atoms with Gasteiger partial charge in [-0.15, -0.1) is 12.3 Å². The van der Waals surface area contributed by atoms with Crippen LogP contribution in [0.3, 0.4) is 0 Å². The van der Waals surface area contributed by atoms with Crippen LogP contribution in [0.4, 0.5) is 0 Å². The second-order valence-electron chi connectivity index (χ2n) is 18.9. The molecule has 0 amide bonds. The molecular weight excluding hydrogens is 641 g/mol. The Bertz CT molecular complexity index is 1450. The summed E-state index contributed by atoms with van der Waals surface area (Å²) in [4.78, 5) is 0. The summed E-state index contributed by atoms with van der Waals surface area (Å²) in [6.07, 6.45) is 17.6. The average molecular weight is 711 g/mol. The summed E-state index contributed by atoms with van der Waals surface area (Å²) >= 11 is 0. The van der Waals surface area contributed by atoms with Crippen LogP contribution in [0.15, 0.2) is 84.0 Å². The quantitative estimate of drug-likeness (QED) is 0.144. The second kappa shape index (κ2) is 16.2. The van der Waals surface area contributed by atoms with Gasteiger partial charge in [-0.1, -0.05) is 142 Å². The highest BCUT2D eigenvalue weighted by Crippen LogP contribution is 2.53. The number of allylic oxidation sites excluding steroid dienone is 2. The molecule has 50 heavy (non-hydrogen) atoms. The normalized spacial score (nSPS) is 25.2. The van der Waals surface area contributed by atoms with Gasteiger partial charge in [0.15, 0.2) is 8.32 Å². The zero-order valence-electron chi connectivity index (χ0n) is 33.9. The van der Waals surface area contributed by atoms with Crippen molar-refractivity contribution in [1.82, 2.24) is 0 Å². The molecule has 0 heterocycles. The predicted octanol–water partition coefficient (Wildman–Crippen LogP) is 11.6. The first-order valence-electron chi connectivity index (χ1n) is 19.6. The van der Waals surface area contributed by atoms with Gasteiger partial charge in [0.1, 0.15) is 0 Å². The summed E-state index contributed by atoms with van der Waals surface area (Å²) in [5, 5.41) is 2.80. The van der Waals surface area contributed by atoms with Gasteiger partial charge < -0.3 is 8.85 Å². The maximum Gasteiger partial charge on any atom is 0.261 e. The van der Waals surface area contributed by atoms with Crippen molar-refractivity contribution in [3.63, 3.8) is 0 Å². The lowest BCUT2D eigenvalue weighted by atomic mass is 9.72. The van der Waals surface area contributed by atoms with Crippen LogP contribution in [0.2, 0.25) is 23.2 Å². The molecule has 2 aliphatic rings. The molecule has 0 aliphatic heterocycles. The van der Waals surface area contributed by atoms with Gasteiger partial charge in [-0.25, -0.2) is 0 Å². The molecular formula is C46H70O2Si2. The first kappa shape index (κ1) is 40.6. The Morgan fingerprint density at radius 3 is 2.02 bits per heavy atom. The van der Waals surface area contributed by atoms with Crippen molar-refractivity contribution in [3.8, 4) is 12.3 Å². The van der Waals surface area contributed by atoms with Crippen LogP contribution in [0.5, 0.6) is 0 Å². The lowest BCUT2D eigenvalue weighted by Gasteiger charge is -2.43.